The van der Waals surface area contributed by atoms with Gasteiger partial charge < -0.3 is 14.5 Å². The molecule has 6 nitrogen and oxygen atoms in total. The Kier molecular flexibility index (Phi) is 6.08. The molecular weight excluding hydrogens is 426 g/mol. The van der Waals surface area contributed by atoms with Crippen molar-refractivity contribution < 1.29 is 14.3 Å². The number of halogens is 1. The van der Waals surface area contributed by atoms with Crippen LogP contribution < -0.4 is 14.5 Å². The molecule has 1 fully saturated rings. The Hall–Kier alpha value is -2.73. The van der Waals surface area contributed by atoms with Gasteiger partial charge >= 0.3 is 0 Å². The number of amides is 2. The largest absolute Gasteiger partial charge is 0.482 e. The molecule has 2 amide bonds. The van der Waals surface area contributed by atoms with Crippen LogP contribution in [0.1, 0.15) is 31.9 Å². The molecule has 0 aliphatic carbocycles. The van der Waals surface area contributed by atoms with E-state index in [4.69, 9.17) is 16.3 Å². The summed E-state index contributed by atoms with van der Waals surface area (Å²) >= 11 is 6.18. The Labute approximate surface area is 194 Å². The van der Waals surface area contributed by atoms with E-state index in [9.17, 15) is 9.59 Å². The third kappa shape index (κ3) is 4.56. The van der Waals surface area contributed by atoms with Gasteiger partial charge in [0.2, 0.25) is 5.91 Å². The Morgan fingerprint density at radius 2 is 1.75 bits per heavy atom. The molecule has 0 atom stereocenters. The first-order valence-corrected chi connectivity index (χ1v) is 11.4. The molecule has 0 bridgehead atoms. The van der Waals surface area contributed by atoms with Crippen LogP contribution in [0.3, 0.4) is 0 Å². The molecule has 2 aliphatic heterocycles. The van der Waals surface area contributed by atoms with Crippen LogP contribution in [0.2, 0.25) is 5.02 Å². The van der Waals surface area contributed by atoms with Crippen molar-refractivity contribution in [1.82, 2.24) is 4.90 Å². The summed E-state index contributed by atoms with van der Waals surface area (Å²) in [6.07, 6.45) is 0. The SMILES string of the molecule is Cc1ccc(Cl)cc1N1CCN(C(=O)CN2C(=O)COc3ccc(C(C)(C)C)cc32)CC1. The summed E-state index contributed by atoms with van der Waals surface area (Å²) in [5, 5.41) is 0.711. The number of fused-ring (bicyclic) bond motifs is 1. The lowest BCUT2D eigenvalue weighted by Crippen LogP contribution is -2.53. The van der Waals surface area contributed by atoms with Gasteiger partial charge in [0, 0.05) is 36.9 Å². The van der Waals surface area contributed by atoms with Crippen LogP contribution in [0.5, 0.6) is 5.75 Å². The number of aryl methyl sites for hydroxylation is 1. The first kappa shape index (κ1) is 22.5. The number of anilines is 2. The van der Waals surface area contributed by atoms with Crippen LogP contribution >= 0.6 is 11.6 Å². The first-order valence-electron chi connectivity index (χ1n) is 11.0. The van der Waals surface area contributed by atoms with Crippen molar-refractivity contribution in [3.63, 3.8) is 0 Å². The van der Waals surface area contributed by atoms with Crippen molar-refractivity contribution in [3.8, 4) is 5.75 Å². The van der Waals surface area contributed by atoms with Crippen LogP contribution in [0, 0.1) is 6.92 Å². The second-order valence-electron chi connectivity index (χ2n) is 9.50. The fourth-order valence-corrected chi connectivity index (χ4v) is 4.36. The Morgan fingerprint density at radius 3 is 2.44 bits per heavy atom. The minimum absolute atomic E-state index is 0.0268. The van der Waals surface area contributed by atoms with Gasteiger partial charge in [-0.3, -0.25) is 14.5 Å². The lowest BCUT2D eigenvalue weighted by molar-refractivity contribution is -0.132. The molecule has 2 aromatic carbocycles. The molecule has 0 saturated carbocycles. The highest BCUT2D eigenvalue weighted by molar-refractivity contribution is 6.30. The van der Waals surface area contributed by atoms with Crippen LogP contribution in [0.4, 0.5) is 11.4 Å². The van der Waals surface area contributed by atoms with Crippen molar-refractivity contribution in [1.29, 1.82) is 0 Å². The van der Waals surface area contributed by atoms with Crippen molar-refractivity contribution in [2.75, 3.05) is 49.1 Å². The zero-order valence-corrected chi connectivity index (χ0v) is 19.9. The topological polar surface area (TPSA) is 53.1 Å². The fourth-order valence-electron chi connectivity index (χ4n) is 4.20. The minimum atomic E-state index is -0.190. The van der Waals surface area contributed by atoms with E-state index in [1.807, 2.05) is 41.3 Å². The minimum Gasteiger partial charge on any atom is -0.482 e. The van der Waals surface area contributed by atoms with Gasteiger partial charge in [0.25, 0.3) is 5.91 Å². The predicted octanol–water partition coefficient (Wildman–Crippen LogP) is 4.02. The number of carbonyl (C=O) groups excluding carboxylic acids is 2. The average molecular weight is 456 g/mol. The number of nitrogens with zero attached hydrogens (tertiary/aromatic N) is 3. The molecule has 0 spiro atoms. The van der Waals surface area contributed by atoms with Crippen LogP contribution in [-0.4, -0.2) is 56.0 Å². The number of hydrogen-bond donors (Lipinski definition) is 0. The van der Waals surface area contributed by atoms with E-state index in [0.717, 1.165) is 24.3 Å². The molecule has 1 saturated heterocycles. The van der Waals surface area contributed by atoms with Gasteiger partial charge in [-0.15, -0.1) is 0 Å². The lowest BCUT2D eigenvalue weighted by Gasteiger charge is -2.38. The standard InChI is InChI=1S/C25H30ClN3O3/c1-17-5-7-19(26)14-20(17)27-9-11-28(12-10-27)23(30)15-29-21-13-18(25(2,3)4)6-8-22(21)32-16-24(29)31/h5-8,13-14H,9-12,15-16H2,1-4H3. The second kappa shape index (κ2) is 8.66. The first-order chi connectivity index (χ1) is 15.1. The maximum atomic E-state index is 13.1. The molecule has 0 aromatic heterocycles. The molecule has 0 radical (unpaired) electrons. The van der Waals surface area contributed by atoms with Crippen LogP contribution in [0.15, 0.2) is 36.4 Å². The summed E-state index contributed by atoms with van der Waals surface area (Å²) in [4.78, 5) is 31.4. The predicted molar refractivity (Wildman–Crippen MR) is 128 cm³/mol. The number of carbonyl (C=O) groups is 2. The number of piperazine rings is 1. The molecular formula is C25H30ClN3O3. The average Bonchev–Trinajstić information content (AvgIpc) is 2.76. The van der Waals surface area contributed by atoms with Crippen LogP contribution in [0.25, 0.3) is 0 Å². The van der Waals surface area contributed by atoms with E-state index in [1.165, 1.54) is 5.56 Å². The van der Waals surface area contributed by atoms with E-state index < -0.39 is 0 Å². The highest BCUT2D eigenvalue weighted by atomic mass is 35.5. The smallest absolute Gasteiger partial charge is 0.265 e. The highest BCUT2D eigenvalue weighted by Crippen LogP contribution is 2.36. The summed E-state index contributed by atoms with van der Waals surface area (Å²) in [5.74, 6) is 0.409. The van der Waals surface area contributed by atoms with Crippen molar-refractivity contribution in [2.24, 2.45) is 0 Å². The normalized spacial score (nSPS) is 16.7. The van der Waals surface area contributed by atoms with E-state index in [1.54, 1.807) is 4.90 Å². The van der Waals surface area contributed by atoms with E-state index in [0.29, 0.717) is 29.5 Å². The third-order valence-electron chi connectivity index (χ3n) is 6.21. The maximum absolute atomic E-state index is 13.1. The number of ether oxygens (including phenoxy) is 1. The molecule has 0 unspecified atom stereocenters. The van der Waals surface area contributed by atoms with Crippen LogP contribution in [-0.2, 0) is 15.0 Å². The van der Waals surface area contributed by atoms with Crippen molar-refractivity contribution in [3.05, 3.63) is 52.5 Å². The van der Waals surface area contributed by atoms with Gasteiger partial charge in [-0.05, 0) is 47.7 Å². The molecule has 2 heterocycles. The summed E-state index contributed by atoms with van der Waals surface area (Å²) in [7, 11) is 0. The number of benzene rings is 2. The second-order valence-corrected chi connectivity index (χ2v) is 9.94. The maximum Gasteiger partial charge on any atom is 0.265 e. The zero-order chi connectivity index (χ0) is 23.0. The molecule has 7 heteroatoms. The van der Waals surface area contributed by atoms with E-state index in [-0.39, 0.29) is 30.4 Å². The van der Waals surface area contributed by atoms with Crippen molar-refractivity contribution >= 4 is 34.8 Å². The Morgan fingerprint density at radius 1 is 1.03 bits per heavy atom. The van der Waals surface area contributed by atoms with Gasteiger partial charge in [0.05, 0.1) is 5.69 Å². The highest BCUT2D eigenvalue weighted by Gasteiger charge is 2.31. The zero-order valence-electron chi connectivity index (χ0n) is 19.2. The summed E-state index contributed by atoms with van der Waals surface area (Å²) in [6.45, 7) is 11.1. The van der Waals surface area contributed by atoms with Gasteiger partial charge in [0.1, 0.15) is 12.3 Å². The fraction of sp³-hybridized carbons (Fsp3) is 0.440. The van der Waals surface area contributed by atoms with Gasteiger partial charge in [-0.2, -0.15) is 0 Å². The Balaban J connectivity index is 1.46. The van der Waals surface area contributed by atoms with E-state index >= 15 is 0 Å². The molecule has 2 aliphatic rings. The quantitative estimate of drug-likeness (QED) is 0.701. The summed E-state index contributed by atoms with van der Waals surface area (Å²) in [5.41, 5.74) is 3.98. The monoisotopic (exact) mass is 455 g/mol. The number of rotatable bonds is 3. The molecule has 32 heavy (non-hydrogen) atoms. The Bertz CT molecular complexity index is 1040. The number of hydrogen-bond acceptors (Lipinski definition) is 4. The van der Waals surface area contributed by atoms with Gasteiger partial charge in [-0.25, -0.2) is 0 Å². The molecule has 170 valence electrons. The lowest BCUT2D eigenvalue weighted by atomic mass is 9.86. The summed E-state index contributed by atoms with van der Waals surface area (Å²) in [6, 6.07) is 11.8. The molecule has 0 N–H and O–H groups in total. The third-order valence-corrected chi connectivity index (χ3v) is 6.44. The summed E-state index contributed by atoms with van der Waals surface area (Å²) < 4.78 is 5.61. The van der Waals surface area contributed by atoms with Gasteiger partial charge in [0.15, 0.2) is 6.61 Å². The van der Waals surface area contributed by atoms with Gasteiger partial charge in [-0.1, -0.05) is 44.5 Å². The molecule has 2 aromatic rings. The molecule has 4 rings (SSSR count). The van der Waals surface area contributed by atoms with E-state index in [2.05, 4.69) is 32.6 Å². The van der Waals surface area contributed by atoms with Crippen molar-refractivity contribution in [2.45, 2.75) is 33.1 Å².